The van der Waals surface area contributed by atoms with Gasteiger partial charge < -0.3 is 27.1 Å². The van der Waals surface area contributed by atoms with Gasteiger partial charge in [-0.25, -0.2) is 4.79 Å². The Labute approximate surface area is 126 Å². The van der Waals surface area contributed by atoms with Crippen LogP contribution in [0.5, 0.6) is 5.88 Å². The number of anilines is 2. The average molecular weight is 309 g/mol. The zero-order valence-electron chi connectivity index (χ0n) is 12.1. The largest absolute Gasteiger partial charge is 0.593 e. The predicted octanol–water partition coefficient (Wildman–Crippen LogP) is 1.27. The Morgan fingerprint density at radius 1 is 1.32 bits per heavy atom. The number of amides is 2. The minimum Gasteiger partial charge on any atom is -0.593 e. The van der Waals surface area contributed by atoms with Gasteiger partial charge in [0.25, 0.3) is 5.88 Å². The minimum atomic E-state index is -1.16. The smallest absolute Gasteiger partial charge is 0.400 e. The van der Waals surface area contributed by atoms with Gasteiger partial charge in [-0.2, -0.15) is 9.97 Å². The number of primary amides is 1. The van der Waals surface area contributed by atoms with Gasteiger partial charge >= 0.3 is 11.7 Å². The molecule has 1 aliphatic carbocycles. The Kier molecular flexibility index (Phi) is 4.92. The maximum absolute atomic E-state index is 11.8. The third-order valence-electron chi connectivity index (χ3n) is 3.46. The van der Waals surface area contributed by atoms with E-state index in [4.69, 9.17) is 21.9 Å². The van der Waals surface area contributed by atoms with Crippen molar-refractivity contribution < 1.29 is 14.4 Å². The second-order valence-electron chi connectivity index (χ2n) is 5.15. The number of hydrogen-bond acceptors (Lipinski definition) is 7. The monoisotopic (exact) mass is 309 g/mol. The molecule has 2 rings (SSSR count). The van der Waals surface area contributed by atoms with Crippen LogP contribution in [-0.4, -0.2) is 27.5 Å². The summed E-state index contributed by atoms with van der Waals surface area (Å²) in [6, 6.07) is -1.16. The topological polar surface area (TPSA) is 169 Å². The van der Waals surface area contributed by atoms with Gasteiger partial charge in [-0.05, 0) is 23.6 Å². The number of rotatable bonds is 4. The van der Waals surface area contributed by atoms with Crippen molar-refractivity contribution in [2.45, 2.75) is 32.1 Å². The Morgan fingerprint density at radius 3 is 2.64 bits per heavy atom. The van der Waals surface area contributed by atoms with E-state index in [-0.39, 0.29) is 28.2 Å². The van der Waals surface area contributed by atoms with Crippen LogP contribution >= 0.6 is 0 Å². The van der Waals surface area contributed by atoms with Gasteiger partial charge in [-0.15, -0.1) is 0 Å². The van der Waals surface area contributed by atoms with Crippen molar-refractivity contribution in [1.29, 1.82) is 0 Å². The lowest BCUT2D eigenvalue weighted by molar-refractivity contribution is -0.434. The Bertz CT molecular complexity index is 584. The molecule has 1 saturated carbocycles. The van der Waals surface area contributed by atoms with Gasteiger partial charge in [0.05, 0.1) is 11.7 Å². The molecule has 10 nitrogen and oxygen atoms in total. The molecule has 2 amide bonds. The molecule has 1 aliphatic rings. The summed E-state index contributed by atoms with van der Waals surface area (Å²) in [5, 5.41) is 14.9. The minimum absolute atomic E-state index is 0.0483. The average Bonchev–Trinajstić information content (AvgIpc) is 2.44. The predicted molar refractivity (Wildman–Crippen MR) is 78.2 cm³/mol. The molecule has 1 heterocycles. The number of nitrogen functional groups attached to an aromatic ring is 2. The van der Waals surface area contributed by atoms with Crippen LogP contribution in [0.25, 0.3) is 0 Å². The molecule has 0 radical (unpaired) electrons. The van der Waals surface area contributed by atoms with E-state index in [0.717, 1.165) is 25.7 Å². The van der Waals surface area contributed by atoms with Crippen molar-refractivity contribution in [3.8, 4) is 5.88 Å². The molecule has 1 aromatic rings. The standard InChI is InChI=1S/C12H19N7O3/c13-9-8(19(21)18-12(15)20)10(17-11(14)16-9)22-6-7-4-2-1-3-5-7/h7H,1-6H2,(H2,15,20)(H4,13,14,16,17)/b19-18-. The first-order valence-corrected chi connectivity index (χ1v) is 7.01. The van der Waals surface area contributed by atoms with Crippen LogP contribution in [0.3, 0.4) is 0 Å². The highest BCUT2D eigenvalue weighted by Crippen LogP contribution is 2.32. The molecule has 10 heteroatoms. The van der Waals surface area contributed by atoms with Crippen LogP contribution in [0.15, 0.2) is 5.11 Å². The van der Waals surface area contributed by atoms with E-state index in [1.807, 2.05) is 0 Å². The molecule has 0 aliphatic heterocycles. The number of nitrogens with zero attached hydrogens (tertiary/aromatic N) is 4. The number of aromatic nitrogens is 2. The molecule has 0 saturated heterocycles. The number of nitrogens with two attached hydrogens (primary N) is 3. The van der Waals surface area contributed by atoms with Crippen molar-refractivity contribution in [3.05, 3.63) is 5.21 Å². The van der Waals surface area contributed by atoms with E-state index >= 15 is 0 Å². The Morgan fingerprint density at radius 2 is 2.00 bits per heavy atom. The van der Waals surface area contributed by atoms with E-state index in [2.05, 4.69) is 15.1 Å². The Balaban J connectivity index is 2.22. The molecule has 0 bridgehead atoms. The number of urea groups is 1. The fourth-order valence-electron chi connectivity index (χ4n) is 2.44. The second kappa shape index (κ2) is 6.87. The number of carbonyl (C=O) groups is 1. The molecular weight excluding hydrogens is 290 g/mol. The highest BCUT2D eigenvalue weighted by atomic mass is 16.5. The van der Waals surface area contributed by atoms with Gasteiger partial charge in [-0.1, -0.05) is 19.3 Å². The summed E-state index contributed by atoms with van der Waals surface area (Å²) < 4.78 is 5.58. The molecule has 6 N–H and O–H groups in total. The van der Waals surface area contributed by atoms with Crippen LogP contribution in [0.4, 0.5) is 22.2 Å². The van der Waals surface area contributed by atoms with Gasteiger partial charge in [-0.3, -0.25) is 0 Å². The van der Waals surface area contributed by atoms with Crippen molar-refractivity contribution in [1.82, 2.24) is 9.97 Å². The zero-order valence-corrected chi connectivity index (χ0v) is 12.1. The Hall–Kier alpha value is -2.65. The first-order chi connectivity index (χ1) is 10.5. The molecule has 0 aromatic carbocycles. The highest BCUT2D eigenvalue weighted by Gasteiger charge is 2.25. The van der Waals surface area contributed by atoms with E-state index in [1.54, 1.807) is 0 Å². The summed E-state index contributed by atoms with van der Waals surface area (Å²) in [5.41, 5.74) is 15.7. The number of ether oxygens (including phenoxy) is 1. The molecular formula is C12H19N7O3. The van der Waals surface area contributed by atoms with Crippen LogP contribution in [0.1, 0.15) is 32.1 Å². The molecule has 0 spiro atoms. The molecule has 0 atom stereocenters. The summed E-state index contributed by atoms with van der Waals surface area (Å²) in [7, 11) is 0. The van der Waals surface area contributed by atoms with Gasteiger partial charge in [0.15, 0.2) is 0 Å². The maximum Gasteiger partial charge on any atom is 0.400 e. The molecule has 1 aromatic heterocycles. The van der Waals surface area contributed by atoms with Gasteiger partial charge in [0.2, 0.25) is 11.8 Å². The first kappa shape index (κ1) is 15.7. The number of carbonyl (C=O) groups excluding carboxylic acids is 1. The number of hydrogen-bond donors (Lipinski definition) is 3. The lowest BCUT2D eigenvalue weighted by Crippen LogP contribution is -2.18. The third-order valence-corrected chi connectivity index (χ3v) is 3.46. The fraction of sp³-hybridized carbons (Fsp3) is 0.583. The molecule has 1 fully saturated rings. The summed E-state index contributed by atoms with van der Waals surface area (Å²) in [6.45, 7) is 0.382. The lowest BCUT2D eigenvalue weighted by Gasteiger charge is -2.21. The summed E-state index contributed by atoms with van der Waals surface area (Å²) >= 11 is 0. The zero-order chi connectivity index (χ0) is 16.1. The van der Waals surface area contributed by atoms with Crippen molar-refractivity contribution in [2.75, 3.05) is 18.1 Å². The maximum atomic E-state index is 11.8. The molecule has 120 valence electrons. The van der Waals surface area contributed by atoms with Crippen LogP contribution in [0, 0.1) is 11.1 Å². The van der Waals surface area contributed by atoms with Crippen molar-refractivity contribution in [2.24, 2.45) is 16.8 Å². The normalized spacial score (nSPS) is 16.5. The SMILES string of the molecule is NC(=O)/N=[N+](\[O-])c1c(N)nc(N)nc1OCC1CCCCC1. The quantitative estimate of drug-likeness (QED) is 0.427. The summed E-state index contributed by atoms with van der Waals surface area (Å²) in [4.78, 5) is 18.2. The first-order valence-electron chi connectivity index (χ1n) is 7.01. The second-order valence-corrected chi connectivity index (χ2v) is 5.15. The third kappa shape index (κ3) is 3.93. The van der Waals surface area contributed by atoms with Crippen LogP contribution in [0.2, 0.25) is 0 Å². The highest BCUT2D eigenvalue weighted by molar-refractivity contribution is 5.71. The summed E-state index contributed by atoms with van der Waals surface area (Å²) in [5.74, 6) is -0.0821. The van der Waals surface area contributed by atoms with Gasteiger partial charge in [0, 0.05) is 0 Å². The van der Waals surface area contributed by atoms with E-state index in [0.29, 0.717) is 12.5 Å². The summed E-state index contributed by atoms with van der Waals surface area (Å²) in [6.07, 6.45) is 5.64. The van der Waals surface area contributed by atoms with Crippen molar-refractivity contribution >= 4 is 23.5 Å². The van der Waals surface area contributed by atoms with E-state index < -0.39 is 6.03 Å². The number of azo groups is 1. The molecule has 22 heavy (non-hydrogen) atoms. The van der Waals surface area contributed by atoms with E-state index in [1.165, 1.54) is 6.42 Å². The molecule has 0 unspecified atom stereocenters. The lowest BCUT2D eigenvalue weighted by atomic mass is 9.90. The van der Waals surface area contributed by atoms with Crippen molar-refractivity contribution in [3.63, 3.8) is 0 Å². The van der Waals surface area contributed by atoms with Crippen LogP contribution in [-0.2, 0) is 0 Å². The van der Waals surface area contributed by atoms with Gasteiger partial charge in [0.1, 0.15) is 0 Å². The fourth-order valence-corrected chi connectivity index (χ4v) is 2.44. The van der Waals surface area contributed by atoms with E-state index in [9.17, 15) is 10.0 Å². The van der Waals surface area contributed by atoms with Crippen LogP contribution < -0.4 is 21.9 Å².